The van der Waals surface area contributed by atoms with Gasteiger partial charge in [-0.25, -0.2) is 0 Å². The zero-order chi connectivity index (χ0) is 10.5. The van der Waals surface area contributed by atoms with Crippen LogP contribution in [0, 0.1) is 5.92 Å². The van der Waals surface area contributed by atoms with Crippen molar-refractivity contribution in [1.82, 2.24) is 10.2 Å². The second kappa shape index (κ2) is 5.83. The lowest BCUT2D eigenvalue weighted by Gasteiger charge is -2.37. The van der Waals surface area contributed by atoms with E-state index < -0.39 is 0 Å². The number of ether oxygens (including phenoxy) is 1. The molecule has 0 saturated carbocycles. The van der Waals surface area contributed by atoms with Crippen molar-refractivity contribution < 1.29 is 4.74 Å². The van der Waals surface area contributed by atoms with Gasteiger partial charge in [0, 0.05) is 25.7 Å². The summed E-state index contributed by atoms with van der Waals surface area (Å²) >= 11 is 0. The molecular weight excluding hydrogens is 188 g/mol. The first-order valence-electron chi connectivity index (χ1n) is 6.36. The molecule has 0 aromatic carbocycles. The number of rotatable bonds is 4. The van der Waals surface area contributed by atoms with Crippen LogP contribution >= 0.6 is 0 Å². The first-order chi connectivity index (χ1) is 7.40. The summed E-state index contributed by atoms with van der Waals surface area (Å²) in [5.41, 5.74) is 0. The van der Waals surface area contributed by atoms with Crippen molar-refractivity contribution >= 4 is 0 Å². The Morgan fingerprint density at radius 1 is 1.33 bits per heavy atom. The van der Waals surface area contributed by atoms with Crippen molar-refractivity contribution in [1.29, 1.82) is 0 Å². The molecule has 1 N–H and O–H groups in total. The summed E-state index contributed by atoms with van der Waals surface area (Å²) in [7, 11) is 2.06. The molecule has 2 unspecified atom stereocenters. The second-order valence-corrected chi connectivity index (χ2v) is 4.93. The van der Waals surface area contributed by atoms with E-state index in [0.29, 0.717) is 0 Å². The van der Waals surface area contributed by atoms with Gasteiger partial charge in [-0.05, 0) is 38.8 Å². The van der Waals surface area contributed by atoms with E-state index in [1.165, 1.54) is 38.8 Å². The predicted molar refractivity (Wildman–Crippen MR) is 62.1 cm³/mol. The van der Waals surface area contributed by atoms with E-state index in [4.69, 9.17) is 4.74 Å². The van der Waals surface area contributed by atoms with Crippen molar-refractivity contribution in [3.8, 4) is 0 Å². The lowest BCUT2D eigenvalue weighted by Crippen LogP contribution is -2.46. The van der Waals surface area contributed by atoms with Crippen LogP contribution in [0.5, 0.6) is 0 Å². The van der Waals surface area contributed by atoms with E-state index >= 15 is 0 Å². The van der Waals surface area contributed by atoms with Crippen LogP contribution in [0.3, 0.4) is 0 Å². The largest absolute Gasteiger partial charge is 0.381 e. The van der Waals surface area contributed by atoms with Crippen LogP contribution in [-0.2, 0) is 4.74 Å². The van der Waals surface area contributed by atoms with Crippen LogP contribution in [0.4, 0.5) is 0 Å². The van der Waals surface area contributed by atoms with E-state index in [2.05, 4.69) is 17.3 Å². The number of nitrogens with zero attached hydrogens (tertiary/aromatic N) is 1. The van der Waals surface area contributed by atoms with Gasteiger partial charge >= 0.3 is 0 Å². The molecule has 0 radical (unpaired) electrons. The Balaban J connectivity index is 1.80. The summed E-state index contributed by atoms with van der Waals surface area (Å²) in [6.45, 7) is 5.67. The Hall–Kier alpha value is -0.120. The molecule has 3 nitrogen and oxygen atoms in total. The molecule has 0 aromatic heterocycles. The third kappa shape index (κ3) is 3.16. The first kappa shape index (κ1) is 11.4. The molecule has 3 heteroatoms. The summed E-state index contributed by atoms with van der Waals surface area (Å²) in [4.78, 5) is 2.68. The van der Waals surface area contributed by atoms with Gasteiger partial charge in [-0.3, -0.25) is 4.90 Å². The average molecular weight is 212 g/mol. The Bertz CT molecular complexity index is 178. The van der Waals surface area contributed by atoms with Gasteiger partial charge in [0.15, 0.2) is 0 Å². The molecular formula is C12H24N2O. The maximum Gasteiger partial charge on any atom is 0.0507 e. The van der Waals surface area contributed by atoms with E-state index in [1.54, 1.807) is 0 Å². The van der Waals surface area contributed by atoms with Crippen LogP contribution in [0.1, 0.15) is 25.7 Å². The molecule has 0 amide bonds. The van der Waals surface area contributed by atoms with Crippen LogP contribution in [0.2, 0.25) is 0 Å². The van der Waals surface area contributed by atoms with E-state index in [0.717, 1.165) is 31.7 Å². The summed E-state index contributed by atoms with van der Waals surface area (Å²) in [5.74, 6) is 0.794. The third-order valence-corrected chi connectivity index (χ3v) is 3.71. The molecule has 2 saturated heterocycles. The molecule has 0 aliphatic carbocycles. The van der Waals surface area contributed by atoms with Gasteiger partial charge in [0.25, 0.3) is 0 Å². The van der Waals surface area contributed by atoms with E-state index in [9.17, 15) is 0 Å². The summed E-state index contributed by atoms with van der Waals surface area (Å²) in [5, 5.41) is 3.32. The fourth-order valence-corrected chi connectivity index (χ4v) is 2.83. The van der Waals surface area contributed by atoms with Crippen molar-refractivity contribution in [3.05, 3.63) is 0 Å². The highest BCUT2D eigenvalue weighted by molar-refractivity contribution is 4.81. The minimum absolute atomic E-state index is 0.768. The van der Waals surface area contributed by atoms with E-state index in [-0.39, 0.29) is 0 Å². The number of nitrogens with one attached hydrogen (secondary N) is 1. The van der Waals surface area contributed by atoms with Gasteiger partial charge in [0.1, 0.15) is 0 Å². The highest BCUT2D eigenvalue weighted by Gasteiger charge is 2.26. The van der Waals surface area contributed by atoms with Gasteiger partial charge in [-0.2, -0.15) is 0 Å². The SMILES string of the molecule is CNCC1CCCCN1CC1CCOC1. The lowest BCUT2D eigenvalue weighted by molar-refractivity contribution is 0.114. The maximum atomic E-state index is 5.45. The van der Waals surface area contributed by atoms with Crippen LogP contribution in [-0.4, -0.2) is 50.8 Å². The second-order valence-electron chi connectivity index (χ2n) is 4.93. The summed E-state index contributed by atoms with van der Waals surface area (Å²) in [6.07, 6.45) is 5.43. The molecule has 0 bridgehead atoms. The fraction of sp³-hybridized carbons (Fsp3) is 1.00. The van der Waals surface area contributed by atoms with Gasteiger partial charge in [0.05, 0.1) is 6.61 Å². The summed E-state index contributed by atoms with van der Waals surface area (Å²) < 4.78 is 5.45. The number of hydrogen-bond acceptors (Lipinski definition) is 3. The Morgan fingerprint density at radius 2 is 2.27 bits per heavy atom. The lowest BCUT2D eigenvalue weighted by atomic mass is 9.99. The average Bonchev–Trinajstić information content (AvgIpc) is 2.74. The van der Waals surface area contributed by atoms with Crippen LogP contribution < -0.4 is 5.32 Å². The monoisotopic (exact) mass is 212 g/mol. The van der Waals surface area contributed by atoms with Crippen LogP contribution in [0.25, 0.3) is 0 Å². The minimum Gasteiger partial charge on any atom is -0.381 e. The minimum atomic E-state index is 0.768. The number of hydrogen-bond donors (Lipinski definition) is 1. The summed E-state index contributed by atoms with van der Waals surface area (Å²) in [6, 6.07) is 0.768. The third-order valence-electron chi connectivity index (χ3n) is 3.71. The molecule has 88 valence electrons. The highest BCUT2D eigenvalue weighted by Crippen LogP contribution is 2.21. The van der Waals surface area contributed by atoms with Gasteiger partial charge < -0.3 is 10.1 Å². The number of likely N-dealkylation sites (N-methyl/N-ethyl adjacent to an activating group) is 1. The smallest absolute Gasteiger partial charge is 0.0507 e. The van der Waals surface area contributed by atoms with Crippen molar-refractivity contribution in [3.63, 3.8) is 0 Å². The van der Waals surface area contributed by atoms with Gasteiger partial charge in [-0.1, -0.05) is 6.42 Å². The predicted octanol–water partition coefficient (Wildman–Crippen LogP) is 1.10. The van der Waals surface area contributed by atoms with Crippen molar-refractivity contribution in [2.75, 3.05) is 39.9 Å². The fourth-order valence-electron chi connectivity index (χ4n) is 2.83. The molecule has 2 rings (SSSR count). The van der Waals surface area contributed by atoms with E-state index in [1.807, 2.05) is 0 Å². The number of likely N-dealkylation sites (tertiary alicyclic amines) is 1. The number of piperidine rings is 1. The molecule has 2 fully saturated rings. The highest BCUT2D eigenvalue weighted by atomic mass is 16.5. The van der Waals surface area contributed by atoms with Crippen LogP contribution in [0.15, 0.2) is 0 Å². The Kier molecular flexibility index (Phi) is 4.42. The Morgan fingerprint density at radius 3 is 3.00 bits per heavy atom. The molecule has 0 spiro atoms. The zero-order valence-electron chi connectivity index (χ0n) is 9.87. The van der Waals surface area contributed by atoms with Crippen molar-refractivity contribution in [2.24, 2.45) is 5.92 Å². The molecule has 2 atom stereocenters. The van der Waals surface area contributed by atoms with Gasteiger partial charge in [-0.15, -0.1) is 0 Å². The molecule has 2 heterocycles. The normalized spacial score (nSPS) is 33.4. The topological polar surface area (TPSA) is 24.5 Å². The molecule has 2 aliphatic heterocycles. The molecule has 15 heavy (non-hydrogen) atoms. The van der Waals surface area contributed by atoms with Crippen molar-refractivity contribution in [2.45, 2.75) is 31.7 Å². The molecule has 0 aromatic rings. The zero-order valence-corrected chi connectivity index (χ0v) is 9.87. The standard InChI is InChI=1S/C12H24N2O/c1-13-8-12-4-2-3-6-14(12)9-11-5-7-15-10-11/h11-13H,2-10H2,1H3. The quantitative estimate of drug-likeness (QED) is 0.755. The molecule has 2 aliphatic rings. The Labute approximate surface area is 93.2 Å². The maximum absolute atomic E-state index is 5.45. The van der Waals surface area contributed by atoms with Gasteiger partial charge in [0.2, 0.25) is 0 Å². The first-order valence-corrected chi connectivity index (χ1v) is 6.36.